The summed E-state index contributed by atoms with van der Waals surface area (Å²) >= 11 is 0. The van der Waals surface area contributed by atoms with E-state index in [0.717, 1.165) is 0 Å². The Morgan fingerprint density at radius 2 is 1.86 bits per heavy atom. The number of para-hydroxylation sites is 2. The topological polar surface area (TPSA) is 84.4 Å². The van der Waals surface area contributed by atoms with E-state index in [0.29, 0.717) is 0 Å². The van der Waals surface area contributed by atoms with E-state index in [4.69, 9.17) is 9.47 Å². The van der Waals surface area contributed by atoms with E-state index in [-0.39, 0.29) is 11.5 Å². The third-order valence-electron chi connectivity index (χ3n) is 2.41. The molecule has 0 aliphatic rings. The van der Waals surface area contributed by atoms with Crippen molar-refractivity contribution in [1.82, 2.24) is 9.97 Å². The van der Waals surface area contributed by atoms with Crippen molar-refractivity contribution in [3.8, 4) is 23.1 Å². The van der Waals surface area contributed by atoms with Gasteiger partial charge in [-0.3, -0.25) is 9.78 Å². The lowest BCUT2D eigenvalue weighted by atomic mass is 10.3. The van der Waals surface area contributed by atoms with E-state index in [1.807, 2.05) is 0 Å². The summed E-state index contributed by atoms with van der Waals surface area (Å²) < 4.78 is 47.3. The normalized spacial score (nSPS) is 11.2. The number of hydrogen-bond acceptors (Lipinski definition) is 5. The summed E-state index contributed by atoms with van der Waals surface area (Å²) in [7, 11) is 1.34. The van der Waals surface area contributed by atoms with Gasteiger partial charge in [0, 0.05) is 0 Å². The highest BCUT2D eigenvalue weighted by Gasteiger charge is 2.35. The predicted molar refractivity (Wildman–Crippen MR) is 64.6 cm³/mol. The molecule has 0 fully saturated rings. The molecule has 0 saturated heterocycles. The van der Waals surface area contributed by atoms with Gasteiger partial charge in [0.05, 0.1) is 7.11 Å². The smallest absolute Gasteiger partial charge is 0.449 e. The van der Waals surface area contributed by atoms with Crippen molar-refractivity contribution < 1.29 is 27.8 Å². The molecule has 9 heteroatoms. The summed E-state index contributed by atoms with van der Waals surface area (Å²) in [5.74, 6) is -3.26. The van der Waals surface area contributed by atoms with Crippen LogP contribution < -0.4 is 15.0 Å². The van der Waals surface area contributed by atoms with Crippen LogP contribution in [-0.2, 0) is 6.18 Å². The van der Waals surface area contributed by atoms with E-state index >= 15 is 0 Å². The van der Waals surface area contributed by atoms with Crippen molar-refractivity contribution in [3.05, 3.63) is 40.4 Å². The van der Waals surface area contributed by atoms with E-state index in [2.05, 4.69) is 4.98 Å². The monoisotopic (exact) mass is 302 g/mol. The summed E-state index contributed by atoms with van der Waals surface area (Å²) in [4.78, 5) is 16.0. The third kappa shape index (κ3) is 3.07. The summed E-state index contributed by atoms with van der Waals surface area (Å²) in [5.41, 5.74) is -1.26. The predicted octanol–water partition coefficient (Wildman–Crippen LogP) is 2.30. The number of rotatable bonds is 3. The molecule has 1 aromatic carbocycles. The molecular weight excluding hydrogens is 293 g/mol. The molecular formula is C12H9F3N2O4. The number of ether oxygens (including phenoxy) is 2. The largest absolute Gasteiger partial charge is 0.493 e. The van der Waals surface area contributed by atoms with Gasteiger partial charge in [-0.15, -0.1) is 0 Å². The van der Waals surface area contributed by atoms with Crippen molar-refractivity contribution in [2.24, 2.45) is 0 Å². The Bertz CT molecular complexity index is 712. The zero-order valence-electron chi connectivity index (χ0n) is 10.6. The molecule has 6 nitrogen and oxygen atoms in total. The molecule has 0 aliphatic carbocycles. The molecule has 0 unspecified atom stereocenters. The van der Waals surface area contributed by atoms with Crippen LogP contribution >= 0.6 is 0 Å². The highest BCUT2D eigenvalue weighted by Crippen LogP contribution is 2.34. The molecule has 0 atom stereocenters. The minimum atomic E-state index is -4.89. The average molecular weight is 302 g/mol. The molecule has 0 radical (unpaired) electrons. The Morgan fingerprint density at radius 3 is 2.38 bits per heavy atom. The Kier molecular flexibility index (Phi) is 3.74. The minimum absolute atomic E-state index is 0.0439. The molecule has 1 heterocycles. The number of nitrogens with zero attached hydrogens (tertiary/aromatic N) is 1. The quantitative estimate of drug-likeness (QED) is 0.908. The number of alkyl halides is 3. The summed E-state index contributed by atoms with van der Waals surface area (Å²) in [6.45, 7) is 0. The SMILES string of the molecule is COc1ccccc1Oc1c(O)nc(C(F)(F)F)[nH]c1=O. The number of hydrogen-bond donors (Lipinski definition) is 2. The molecule has 0 amide bonds. The van der Waals surface area contributed by atoms with Gasteiger partial charge in [0.1, 0.15) is 0 Å². The molecule has 2 N–H and O–H groups in total. The molecule has 21 heavy (non-hydrogen) atoms. The second-order valence-electron chi connectivity index (χ2n) is 3.82. The van der Waals surface area contributed by atoms with Gasteiger partial charge in [0.2, 0.25) is 5.82 Å². The Morgan fingerprint density at radius 1 is 1.24 bits per heavy atom. The highest BCUT2D eigenvalue weighted by molar-refractivity contribution is 5.44. The first-order valence-electron chi connectivity index (χ1n) is 5.54. The van der Waals surface area contributed by atoms with Gasteiger partial charge >= 0.3 is 6.18 Å². The van der Waals surface area contributed by atoms with E-state index in [9.17, 15) is 23.1 Å². The molecule has 0 aliphatic heterocycles. The minimum Gasteiger partial charge on any atom is -0.493 e. The second kappa shape index (κ2) is 5.35. The fraction of sp³-hybridized carbons (Fsp3) is 0.167. The van der Waals surface area contributed by atoms with Crippen LogP contribution in [0.3, 0.4) is 0 Å². The number of benzene rings is 1. The number of aromatic hydroxyl groups is 1. The first-order chi connectivity index (χ1) is 9.82. The molecule has 0 bridgehead atoms. The van der Waals surface area contributed by atoms with Crippen molar-refractivity contribution in [3.63, 3.8) is 0 Å². The van der Waals surface area contributed by atoms with E-state index in [1.165, 1.54) is 24.2 Å². The maximum Gasteiger partial charge on any atom is 0.449 e. The fourth-order valence-corrected chi connectivity index (χ4v) is 1.49. The molecule has 0 spiro atoms. The van der Waals surface area contributed by atoms with Gasteiger partial charge in [0.15, 0.2) is 11.5 Å². The summed E-state index contributed by atoms with van der Waals surface area (Å²) in [5, 5.41) is 9.46. The van der Waals surface area contributed by atoms with Crippen LogP contribution in [0, 0.1) is 0 Å². The van der Waals surface area contributed by atoms with Gasteiger partial charge < -0.3 is 14.6 Å². The van der Waals surface area contributed by atoms with Crippen LogP contribution in [-0.4, -0.2) is 22.2 Å². The van der Waals surface area contributed by atoms with Crippen LogP contribution in [0.2, 0.25) is 0 Å². The number of methoxy groups -OCH3 is 1. The average Bonchev–Trinajstić information content (AvgIpc) is 2.42. The molecule has 2 rings (SSSR count). The first kappa shape index (κ1) is 14.7. The second-order valence-corrected chi connectivity index (χ2v) is 3.82. The summed E-state index contributed by atoms with van der Waals surface area (Å²) in [6.07, 6.45) is -4.89. The molecule has 2 aromatic rings. The Labute approximate surface area is 115 Å². The van der Waals surface area contributed by atoms with Crippen LogP contribution in [0.15, 0.2) is 29.1 Å². The number of aromatic nitrogens is 2. The lowest BCUT2D eigenvalue weighted by Gasteiger charge is -2.11. The first-order valence-corrected chi connectivity index (χ1v) is 5.54. The number of aromatic amines is 1. The van der Waals surface area contributed by atoms with Gasteiger partial charge in [-0.05, 0) is 12.1 Å². The van der Waals surface area contributed by atoms with Crippen molar-refractivity contribution in [2.45, 2.75) is 6.18 Å². The van der Waals surface area contributed by atoms with Gasteiger partial charge in [0.25, 0.3) is 17.2 Å². The number of H-pyrrole nitrogens is 1. The van der Waals surface area contributed by atoms with Gasteiger partial charge in [-0.25, -0.2) is 0 Å². The van der Waals surface area contributed by atoms with Crippen molar-refractivity contribution >= 4 is 0 Å². The Hall–Kier alpha value is -2.71. The Balaban J connectivity index is 2.44. The van der Waals surface area contributed by atoms with Crippen molar-refractivity contribution in [2.75, 3.05) is 7.11 Å². The maximum atomic E-state index is 12.4. The molecule has 0 saturated carbocycles. The lowest BCUT2D eigenvalue weighted by Crippen LogP contribution is -2.19. The third-order valence-corrected chi connectivity index (χ3v) is 2.41. The van der Waals surface area contributed by atoms with Gasteiger partial charge in [-0.1, -0.05) is 12.1 Å². The zero-order chi connectivity index (χ0) is 15.6. The van der Waals surface area contributed by atoms with E-state index in [1.54, 1.807) is 12.1 Å². The van der Waals surface area contributed by atoms with Crippen LogP contribution in [0.5, 0.6) is 23.1 Å². The highest BCUT2D eigenvalue weighted by atomic mass is 19.4. The van der Waals surface area contributed by atoms with E-state index < -0.39 is 29.2 Å². The van der Waals surface area contributed by atoms with Crippen molar-refractivity contribution in [1.29, 1.82) is 0 Å². The fourth-order valence-electron chi connectivity index (χ4n) is 1.49. The van der Waals surface area contributed by atoms with Crippen LogP contribution in [0.25, 0.3) is 0 Å². The standard InChI is InChI=1S/C12H9F3N2O4/c1-20-6-4-2-3-5-7(6)21-8-9(18)16-11(12(13,14)15)17-10(8)19/h2-5H,1H3,(H2,16,17,18,19). The zero-order valence-corrected chi connectivity index (χ0v) is 10.6. The molecule has 112 valence electrons. The summed E-state index contributed by atoms with van der Waals surface area (Å²) in [6, 6.07) is 6.11. The maximum absolute atomic E-state index is 12.4. The van der Waals surface area contributed by atoms with Crippen LogP contribution in [0.4, 0.5) is 13.2 Å². The van der Waals surface area contributed by atoms with Gasteiger partial charge in [-0.2, -0.15) is 18.2 Å². The van der Waals surface area contributed by atoms with Crippen LogP contribution in [0.1, 0.15) is 5.82 Å². The number of halogens is 3. The lowest BCUT2D eigenvalue weighted by molar-refractivity contribution is -0.145. The number of nitrogens with one attached hydrogen (secondary N) is 1. The molecule has 1 aromatic heterocycles.